The fourth-order valence-electron chi connectivity index (χ4n) is 3.27. The third kappa shape index (κ3) is 8.17. The van der Waals surface area contributed by atoms with Gasteiger partial charge in [-0.05, 0) is 50.2 Å². The van der Waals surface area contributed by atoms with E-state index in [1.165, 1.54) is 6.42 Å². The molecule has 1 aliphatic heterocycles. The Bertz CT molecular complexity index is 527. The maximum atomic E-state index is 4.77. The molecule has 26 heavy (non-hydrogen) atoms. The fourth-order valence-corrected chi connectivity index (χ4v) is 3.27. The SMILES string of the molecule is CCNC(=NCCCC(C)(C)C)NC1CCN(Cc2ccccn2)CC1. The highest BCUT2D eigenvalue weighted by Crippen LogP contribution is 2.20. The molecule has 2 heterocycles. The van der Waals surface area contributed by atoms with Crippen LogP contribution < -0.4 is 10.6 Å². The summed E-state index contributed by atoms with van der Waals surface area (Å²) in [5.74, 6) is 0.976. The fraction of sp³-hybridized carbons (Fsp3) is 0.714. The van der Waals surface area contributed by atoms with Crippen LogP contribution in [0.3, 0.4) is 0 Å². The second kappa shape index (κ2) is 10.5. The van der Waals surface area contributed by atoms with Crippen LogP contribution in [0.4, 0.5) is 0 Å². The van der Waals surface area contributed by atoms with Crippen molar-refractivity contribution >= 4 is 5.96 Å². The zero-order valence-corrected chi connectivity index (χ0v) is 17.1. The highest BCUT2D eigenvalue weighted by Gasteiger charge is 2.20. The summed E-state index contributed by atoms with van der Waals surface area (Å²) in [5.41, 5.74) is 1.55. The Kier molecular flexibility index (Phi) is 8.36. The number of aromatic nitrogens is 1. The van der Waals surface area contributed by atoms with Crippen LogP contribution >= 0.6 is 0 Å². The van der Waals surface area contributed by atoms with Crippen molar-refractivity contribution in [1.82, 2.24) is 20.5 Å². The summed E-state index contributed by atoms with van der Waals surface area (Å²) in [5, 5.41) is 7.03. The van der Waals surface area contributed by atoms with Crippen molar-refractivity contribution in [1.29, 1.82) is 0 Å². The summed E-state index contributed by atoms with van der Waals surface area (Å²) >= 11 is 0. The summed E-state index contributed by atoms with van der Waals surface area (Å²) in [6.45, 7) is 14.0. The van der Waals surface area contributed by atoms with Crippen LogP contribution in [0, 0.1) is 5.41 Å². The summed E-state index contributed by atoms with van der Waals surface area (Å²) in [7, 11) is 0. The number of rotatable bonds is 7. The molecule has 1 saturated heterocycles. The van der Waals surface area contributed by atoms with Gasteiger partial charge in [0.25, 0.3) is 0 Å². The van der Waals surface area contributed by atoms with Gasteiger partial charge in [0.15, 0.2) is 5.96 Å². The first-order chi connectivity index (χ1) is 12.5. The highest BCUT2D eigenvalue weighted by atomic mass is 15.2. The monoisotopic (exact) mass is 359 g/mol. The molecule has 0 saturated carbocycles. The second-order valence-corrected chi connectivity index (χ2v) is 8.44. The maximum absolute atomic E-state index is 4.77. The number of hydrogen-bond donors (Lipinski definition) is 2. The lowest BCUT2D eigenvalue weighted by atomic mass is 9.91. The zero-order chi connectivity index (χ0) is 18.8. The summed E-state index contributed by atoms with van der Waals surface area (Å²) in [4.78, 5) is 11.7. The topological polar surface area (TPSA) is 52.6 Å². The number of likely N-dealkylation sites (tertiary alicyclic amines) is 1. The molecule has 0 atom stereocenters. The second-order valence-electron chi connectivity index (χ2n) is 8.44. The molecule has 0 radical (unpaired) electrons. The Balaban J connectivity index is 1.74. The van der Waals surface area contributed by atoms with Crippen LogP contribution in [-0.4, -0.2) is 48.1 Å². The molecule has 2 rings (SSSR count). The molecule has 5 nitrogen and oxygen atoms in total. The number of nitrogens with one attached hydrogen (secondary N) is 2. The summed E-state index contributed by atoms with van der Waals surface area (Å²) in [6.07, 6.45) is 6.53. The first kappa shape index (κ1) is 20.7. The minimum atomic E-state index is 0.391. The normalized spacial score (nSPS) is 17.3. The number of hydrogen-bond acceptors (Lipinski definition) is 3. The van der Waals surface area contributed by atoms with Gasteiger partial charge in [0.2, 0.25) is 0 Å². The van der Waals surface area contributed by atoms with Crippen LogP contribution in [0.15, 0.2) is 29.4 Å². The van der Waals surface area contributed by atoms with E-state index in [0.717, 1.165) is 63.6 Å². The minimum absolute atomic E-state index is 0.391. The largest absolute Gasteiger partial charge is 0.357 e. The van der Waals surface area contributed by atoms with Gasteiger partial charge in [0.05, 0.1) is 5.69 Å². The molecule has 1 aliphatic rings. The van der Waals surface area contributed by atoms with Crippen molar-refractivity contribution in [3.8, 4) is 0 Å². The first-order valence-electron chi connectivity index (χ1n) is 10.1. The summed E-state index contributed by atoms with van der Waals surface area (Å²) in [6, 6.07) is 6.66. The molecule has 0 spiro atoms. The summed E-state index contributed by atoms with van der Waals surface area (Å²) < 4.78 is 0. The number of nitrogens with zero attached hydrogens (tertiary/aromatic N) is 3. The first-order valence-corrected chi connectivity index (χ1v) is 10.1. The lowest BCUT2D eigenvalue weighted by molar-refractivity contribution is 0.196. The Morgan fingerprint density at radius 3 is 2.65 bits per heavy atom. The van der Waals surface area contributed by atoms with Gasteiger partial charge in [0, 0.05) is 45.0 Å². The lowest BCUT2D eigenvalue weighted by Gasteiger charge is -2.32. The number of piperidine rings is 1. The van der Waals surface area contributed by atoms with Crippen LogP contribution in [0.5, 0.6) is 0 Å². The number of aliphatic imine (C=N–C) groups is 1. The third-order valence-corrected chi connectivity index (χ3v) is 4.74. The number of pyridine rings is 1. The Hall–Kier alpha value is -1.62. The molecule has 1 aromatic rings. The maximum Gasteiger partial charge on any atom is 0.191 e. The molecule has 0 aliphatic carbocycles. The molecule has 1 aromatic heterocycles. The molecule has 5 heteroatoms. The van der Waals surface area contributed by atoms with Gasteiger partial charge in [-0.2, -0.15) is 0 Å². The van der Waals surface area contributed by atoms with E-state index < -0.39 is 0 Å². The molecule has 1 fully saturated rings. The van der Waals surface area contributed by atoms with Crippen LogP contribution in [-0.2, 0) is 6.54 Å². The Morgan fingerprint density at radius 1 is 1.27 bits per heavy atom. The average molecular weight is 360 g/mol. The molecule has 0 amide bonds. The van der Waals surface area contributed by atoms with Crippen molar-refractivity contribution in [2.24, 2.45) is 10.4 Å². The predicted octanol–water partition coefficient (Wildman–Crippen LogP) is 3.43. The van der Waals surface area contributed by atoms with Gasteiger partial charge in [-0.25, -0.2) is 0 Å². The van der Waals surface area contributed by atoms with Crippen LogP contribution in [0.25, 0.3) is 0 Å². The molecule has 146 valence electrons. The van der Waals surface area contributed by atoms with Crippen molar-refractivity contribution in [2.75, 3.05) is 26.2 Å². The molecule has 0 unspecified atom stereocenters. The Labute approximate surface area is 159 Å². The van der Waals surface area contributed by atoms with Crippen molar-refractivity contribution < 1.29 is 0 Å². The van der Waals surface area contributed by atoms with Crippen LogP contribution in [0.2, 0.25) is 0 Å². The molecule has 0 aromatic carbocycles. The van der Waals surface area contributed by atoms with Crippen LogP contribution in [0.1, 0.15) is 59.1 Å². The zero-order valence-electron chi connectivity index (χ0n) is 17.1. The van der Waals surface area contributed by atoms with Gasteiger partial charge >= 0.3 is 0 Å². The van der Waals surface area contributed by atoms with E-state index >= 15 is 0 Å². The Morgan fingerprint density at radius 2 is 2.04 bits per heavy atom. The van der Waals surface area contributed by atoms with E-state index in [0.29, 0.717) is 11.5 Å². The third-order valence-electron chi connectivity index (χ3n) is 4.74. The lowest BCUT2D eigenvalue weighted by Crippen LogP contribution is -2.48. The van der Waals surface area contributed by atoms with E-state index in [1.807, 2.05) is 12.3 Å². The van der Waals surface area contributed by atoms with Gasteiger partial charge in [-0.1, -0.05) is 26.8 Å². The van der Waals surface area contributed by atoms with E-state index in [1.54, 1.807) is 0 Å². The van der Waals surface area contributed by atoms with Crippen molar-refractivity contribution in [3.05, 3.63) is 30.1 Å². The quantitative estimate of drug-likeness (QED) is 0.445. The van der Waals surface area contributed by atoms with Crippen molar-refractivity contribution in [3.63, 3.8) is 0 Å². The van der Waals surface area contributed by atoms with E-state index in [9.17, 15) is 0 Å². The van der Waals surface area contributed by atoms with E-state index in [2.05, 4.69) is 60.3 Å². The highest BCUT2D eigenvalue weighted by molar-refractivity contribution is 5.80. The predicted molar refractivity (Wildman–Crippen MR) is 110 cm³/mol. The molecular weight excluding hydrogens is 322 g/mol. The average Bonchev–Trinajstić information content (AvgIpc) is 2.60. The van der Waals surface area contributed by atoms with Gasteiger partial charge in [0.1, 0.15) is 0 Å². The molecule has 0 bridgehead atoms. The standard InChI is InChI=1S/C21H37N5/c1-5-22-20(24-14-8-12-21(2,3)4)25-18-10-15-26(16-11-18)17-19-9-6-7-13-23-19/h6-7,9,13,18H,5,8,10-12,14-17H2,1-4H3,(H2,22,24,25). The molecule has 2 N–H and O–H groups in total. The number of guanidine groups is 1. The van der Waals surface area contributed by atoms with E-state index in [4.69, 9.17) is 4.99 Å². The van der Waals surface area contributed by atoms with Crippen molar-refractivity contribution in [2.45, 2.75) is 66.0 Å². The van der Waals surface area contributed by atoms with E-state index in [-0.39, 0.29) is 0 Å². The van der Waals surface area contributed by atoms with Gasteiger partial charge < -0.3 is 10.6 Å². The molecular formula is C21H37N5. The smallest absolute Gasteiger partial charge is 0.191 e. The van der Waals surface area contributed by atoms with Gasteiger partial charge in [-0.3, -0.25) is 14.9 Å². The van der Waals surface area contributed by atoms with Gasteiger partial charge in [-0.15, -0.1) is 0 Å². The minimum Gasteiger partial charge on any atom is -0.357 e.